The second kappa shape index (κ2) is 15.3. The molecule has 1 N–H and O–H groups in total. The molecule has 0 bridgehead atoms. The third kappa shape index (κ3) is 7.35. The Kier molecular flexibility index (Phi) is 10.1. The van der Waals surface area contributed by atoms with Crippen molar-refractivity contribution in [3.8, 4) is 11.1 Å². The van der Waals surface area contributed by atoms with Gasteiger partial charge in [-0.25, -0.2) is 0 Å². The number of aliphatic hydroxyl groups excluding tert-OH is 1. The van der Waals surface area contributed by atoms with Crippen LogP contribution in [-0.2, 0) is 29.2 Å². The molecule has 8 heteroatoms. The van der Waals surface area contributed by atoms with Gasteiger partial charge in [-0.05, 0) is 45.5 Å². The third-order valence-corrected chi connectivity index (χ3v) is 10.5. The maximum Gasteiger partial charge on any atom is 0.261 e. The molecule has 0 spiro atoms. The molecule has 3 atom stereocenters. The summed E-state index contributed by atoms with van der Waals surface area (Å²) in [4.78, 5) is 32.6. The normalized spacial score (nSPS) is 21.0. The number of imide groups is 1. The van der Waals surface area contributed by atoms with Crippen LogP contribution in [0.4, 0.5) is 0 Å². The first-order valence-electron chi connectivity index (χ1n) is 18.1. The Balaban J connectivity index is 0.976. The number of benzene rings is 5. The van der Waals surface area contributed by atoms with Crippen LogP contribution in [0.3, 0.4) is 0 Å². The first-order chi connectivity index (χ1) is 25.5. The molecular formula is C44H43N3O5. The highest BCUT2D eigenvalue weighted by Gasteiger charge is 2.36. The highest BCUT2D eigenvalue weighted by molar-refractivity contribution is 6.21. The molecule has 3 aliphatic rings. The lowest BCUT2D eigenvalue weighted by Gasteiger charge is -2.40. The Bertz CT molecular complexity index is 1970. The zero-order valence-corrected chi connectivity index (χ0v) is 29.1. The molecule has 5 aromatic rings. The third-order valence-electron chi connectivity index (χ3n) is 10.5. The van der Waals surface area contributed by atoms with Crippen molar-refractivity contribution < 1.29 is 24.2 Å². The Morgan fingerprint density at radius 1 is 0.577 bits per heavy atom. The summed E-state index contributed by atoms with van der Waals surface area (Å²) in [5, 5.41) is 9.62. The number of aliphatic hydroxyl groups is 1. The van der Waals surface area contributed by atoms with Gasteiger partial charge >= 0.3 is 0 Å². The van der Waals surface area contributed by atoms with E-state index in [0.29, 0.717) is 11.1 Å². The molecule has 8 nitrogen and oxygen atoms in total. The van der Waals surface area contributed by atoms with E-state index in [1.54, 1.807) is 24.3 Å². The van der Waals surface area contributed by atoms with Crippen LogP contribution in [0.1, 0.15) is 67.3 Å². The van der Waals surface area contributed by atoms with E-state index in [9.17, 15) is 14.7 Å². The number of rotatable bonds is 10. The summed E-state index contributed by atoms with van der Waals surface area (Å²) in [6.45, 7) is 6.01. The minimum Gasteiger partial charge on any atom is -0.392 e. The van der Waals surface area contributed by atoms with Gasteiger partial charge in [-0.15, -0.1) is 0 Å². The summed E-state index contributed by atoms with van der Waals surface area (Å²) in [5.41, 5.74) is 7.95. The van der Waals surface area contributed by atoms with Crippen LogP contribution in [-0.4, -0.2) is 70.4 Å². The van der Waals surface area contributed by atoms with Crippen molar-refractivity contribution in [2.75, 3.05) is 32.7 Å². The predicted octanol–water partition coefficient (Wildman–Crippen LogP) is 7.01. The van der Waals surface area contributed by atoms with E-state index in [1.165, 1.54) is 10.5 Å². The molecule has 0 aromatic heterocycles. The fourth-order valence-electron chi connectivity index (χ4n) is 7.61. The molecule has 2 saturated heterocycles. The minimum atomic E-state index is -0.553. The van der Waals surface area contributed by atoms with Gasteiger partial charge in [0.2, 0.25) is 0 Å². The molecule has 52 heavy (non-hydrogen) atoms. The van der Waals surface area contributed by atoms with Gasteiger partial charge in [-0.3, -0.25) is 24.3 Å². The fraction of sp³-hybridized carbons (Fsp3) is 0.273. The topological polar surface area (TPSA) is 82.6 Å². The smallest absolute Gasteiger partial charge is 0.261 e. The van der Waals surface area contributed by atoms with E-state index in [0.717, 1.165) is 79.1 Å². The molecule has 0 radical (unpaired) electrons. The van der Waals surface area contributed by atoms with E-state index in [4.69, 9.17) is 9.47 Å². The number of ether oxygens (including phenoxy) is 2. The molecule has 2 fully saturated rings. The molecule has 0 unspecified atom stereocenters. The summed E-state index contributed by atoms with van der Waals surface area (Å²) in [7, 11) is 0. The summed E-state index contributed by atoms with van der Waals surface area (Å²) in [6, 6.07) is 41.8. The zero-order chi connectivity index (χ0) is 35.4. The van der Waals surface area contributed by atoms with Crippen LogP contribution in [0.5, 0.6) is 0 Å². The van der Waals surface area contributed by atoms with Crippen molar-refractivity contribution >= 4 is 11.8 Å². The molecule has 8 rings (SSSR count). The Labute approximate surface area is 304 Å². The zero-order valence-electron chi connectivity index (χ0n) is 29.1. The van der Waals surface area contributed by atoms with Crippen LogP contribution in [0.15, 0.2) is 127 Å². The fourth-order valence-corrected chi connectivity index (χ4v) is 7.61. The van der Waals surface area contributed by atoms with Gasteiger partial charge in [0.05, 0.1) is 36.5 Å². The van der Waals surface area contributed by atoms with Crippen molar-refractivity contribution in [3.63, 3.8) is 0 Å². The minimum absolute atomic E-state index is 0.00416. The first-order valence-corrected chi connectivity index (χ1v) is 18.1. The maximum absolute atomic E-state index is 13.1. The van der Waals surface area contributed by atoms with Crippen molar-refractivity contribution in [2.24, 2.45) is 0 Å². The molecule has 3 aliphatic heterocycles. The number of hydrogen-bond donors (Lipinski definition) is 1. The average Bonchev–Trinajstić information content (AvgIpc) is 3.44. The van der Waals surface area contributed by atoms with Crippen LogP contribution in [0, 0.1) is 0 Å². The standard InChI is InChI=1S/C44H43N3O5/c48-30-32-14-16-34(17-15-32)41-26-37(29-46-24-22-45(23-25-46)27-31-8-2-1-3-9-31)51-44(52-41)35-20-18-33(19-21-35)38-11-5-4-10-36(38)28-47-42(49)39-12-6-7-13-40(39)43(47)50/h1-21,37,41,44,48H,22-30H2/t37-,41+,44+/m1/s1. The lowest BCUT2D eigenvalue weighted by molar-refractivity contribution is -0.253. The van der Waals surface area contributed by atoms with Crippen molar-refractivity contribution in [3.05, 3.63) is 166 Å². The summed E-state index contributed by atoms with van der Waals surface area (Å²) in [6.07, 6.45) is 0.00356. The average molecular weight is 694 g/mol. The first kappa shape index (κ1) is 34.1. The number of fused-ring (bicyclic) bond motifs is 1. The molecular weight excluding hydrogens is 651 g/mol. The number of carbonyl (C=O) groups is 2. The molecule has 0 aliphatic carbocycles. The van der Waals surface area contributed by atoms with Gasteiger partial charge in [0.1, 0.15) is 0 Å². The van der Waals surface area contributed by atoms with E-state index in [1.807, 2.05) is 48.5 Å². The Hall–Kier alpha value is -4.96. The number of nitrogens with zero attached hydrogens (tertiary/aromatic N) is 3. The van der Waals surface area contributed by atoms with Gasteiger partial charge < -0.3 is 14.6 Å². The van der Waals surface area contributed by atoms with Crippen LogP contribution in [0.2, 0.25) is 0 Å². The van der Waals surface area contributed by atoms with E-state index in [-0.39, 0.29) is 37.2 Å². The number of piperazine rings is 1. The van der Waals surface area contributed by atoms with E-state index < -0.39 is 6.29 Å². The molecule has 264 valence electrons. The number of carbonyl (C=O) groups excluding carboxylic acids is 2. The van der Waals surface area contributed by atoms with Crippen LogP contribution < -0.4 is 0 Å². The monoisotopic (exact) mass is 693 g/mol. The summed E-state index contributed by atoms with van der Waals surface area (Å²) < 4.78 is 13.4. The number of hydrogen-bond acceptors (Lipinski definition) is 7. The summed E-state index contributed by atoms with van der Waals surface area (Å²) in [5.74, 6) is -0.525. The second-order valence-electron chi connectivity index (χ2n) is 13.9. The maximum atomic E-state index is 13.1. The molecule has 2 amide bonds. The van der Waals surface area contributed by atoms with Gasteiger partial charge in [0.25, 0.3) is 11.8 Å². The van der Waals surface area contributed by atoms with Crippen molar-refractivity contribution in [1.29, 1.82) is 0 Å². The second-order valence-corrected chi connectivity index (χ2v) is 13.9. The van der Waals surface area contributed by atoms with Gasteiger partial charge in [-0.2, -0.15) is 0 Å². The SMILES string of the molecule is O=C1c2ccccc2C(=O)N1Cc1ccccc1-c1ccc([C@H]2O[C@@H](CN3CCN(Cc4ccccc4)CC3)C[C@@H](c3ccc(CO)cc3)O2)cc1. The van der Waals surface area contributed by atoms with Gasteiger partial charge in [0.15, 0.2) is 6.29 Å². The van der Waals surface area contributed by atoms with Crippen LogP contribution >= 0.6 is 0 Å². The molecule has 0 saturated carbocycles. The highest BCUT2D eigenvalue weighted by Crippen LogP contribution is 2.39. The quantitative estimate of drug-likeness (QED) is 0.158. The predicted molar refractivity (Wildman–Crippen MR) is 199 cm³/mol. The van der Waals surface area contributed by atoms with Crippen LogP contribution in [0.25, 0.3) is 11.1 Å². The van der Waals surface area contributed by atoms with E-state index in [2.05, 4.69) is 64.4 Å². The lowest BCUT2D eigenvalue weighted by Crippen LogP contribution is -2.49. The van der Waals surface area contributed by atoms with Gasteiger partial charge in [-0.1, -0.05) is 115 Å². The Morgan fingerprint density at radius 3 is 1.85 bits per heavy atom. The van der Waals surface area contributed by atoms with Crippen molar-refractivity contribution in [2.45, 2.75) is 44.6 Å². The molecule has 5 aromatic carbocycles. The van der Waals surface area contributed by atoms with Gasteiger partial charge in [0, 0.05) is 51.3 Å². The van der Waals surface area contributed by atoms with Crippen molar-refractivity contribution in [1.82, 2.24) is 14.7 Å². The Morgan fingerprint density at radius 2 is 1.17 bits per heavy atom. The lowest BCUT2D eigenvalue weighted by atomic mass is 9.97. The highest BCUT2D eigenvalue weighted by atomic mass is 16.7. The summed E-state index contributed by atoms with van der Waals surface area (Å²) >= 11 is 0. The van der Waals surface area contributed by atoms with E-state index >= 15 is 0 Å². The molecule has 3 heterocycles. The number of amides is 2. The largest absolute Gasteiger partial charge is 0.392 e.